The minimum absolute atomic E-state index is 0.00127. The summed E-state index contributed by atoms with van der Waals surface area (Å²) in [5.41, 5.74) is 9.73. The van der Waals surface area contributed by atoms with Gasteiger partial charge in [-0.3, -0.25) is 0 Å². The number of pyridine rings is 1. The highest BCUT2D eigenvalue weighted by Gasteiger charge is 2.20. The summed E-state index contributed by atoms with van der Waals surface area (Å²) in [5.74, 6) is 1.93. The van der Waals surface area contributed by atoms with E-state index in [1.807, 2.05) is 18.5 Å². The third kappa shape index (κ3) is 2.72. The van der Waals surface area contributed by atoms with Crippen molar-refractivity contribution >= 4 is 17.0 Å². The van der Waals surface area contributed by atoms with Crippen LogP contribution in [0.4, 0.5) is 5.82 Å². The molecule has 0 amide bonds. The second-order valence-electron chi connectivity index (χ2n) is 6.75. The van der Waals surface area contributed by atoms with Crippen LogP contribution < -0.4 is 5.73 Å². The van der Waals surface area contributed by atoms with Gasteiger partial charge in [-0.1, -0.05) is 33.8 Å². The highest BCUT2D eigenvalue weighted by molar-refractivity contribution is 5.74. The third-order valence-electron chi connectivity index (χ3n) is 4.27. The fourth-order valence-electron chi connectivity index (χ4n) is 2.83. The standard InChI is InChI=1S/C18H24N6/c1-10(2)14-15-18(23-17(22-14)11(3)4)24(9-21-15)12(5)13-7-6-8-20-16(13)19/h6-12H,1-5H3,(H2,19,20). The smallest absolute Gasteiger partial charge is 0.164 e. The lowest BCUT2D eigenvalue weighted by Gasteiger charge is -2.17. The van der Waals surface area contributed by atoms with E-state index in [4.69, 9.17) is 15.7 Å². The van der Waals surface area contributed by atoms with Gasteiger partial charge in [0.2, 0.25) is 0 Å². The van der Waals surface area contributed by atoms with Gasteiger partial charge in [0.15, 0.2) is 5.65 Å². The van der Waals surface area contributed by atoms with Crippen LogP contribution in [0.3, 0.4) is 0 Å². The predicted octanol–water partition coefficient (Wildman–Crippen LogP) is 3.66. The van der Waals surface area contributed by atoms with Crippen molar-refractivity contribution in [2.45, 2.75) is 52.5 Å². The second kappa shape index (κ2) is 6.19. The topological polar surface area (TPSA) is 82.5 Å². The summed E-state index contributed by atoms with van der Waals surface area (Å²) in [6, 6.07) is 3.89. The molecule has 0 spiro atoms. The van der Waals surface area contributed by atoms with Crippen LogP contribution in [0.15, 0.2) is 24.7 Å². The third-order valence-corrected chi connectivity index (χ3v) is 4.27. The van der Waals surface area contributed by atoms with E-state index >= 15 is 0 Å². The SMILES string of the molecule is CC(C)c1nc(C(C)C)c2ncn(C(C)c3cccnc3N)c2n1. The van der Waals surface area contributed by atoms with Crippen molar-refractivity contribution < 1.29 is 0 Å². The Morgan fingerprint density at radius 2 is 1.75 bits per heavy atom. The molecule has 0 saturated carbocycles. The molecule has 2 N–H and O–H groups in total. The van der Waals surface area contributed by atoms with Crippen LogP contribution in [0.1, 0.15) is 69.6 Å². The van der Waals surface area contributed by atoms with Gasteiger partial charge in [0.1, 0.15) is 17.2 Å². The Morgan fingerprint density at radius 1 is 1.00 bits per heavy atom. The molecule has 6 nitrogen and oxygen atoms in total. The molecule has 3 rings (SSSR count). The van der Waals surface area contributed by atoms with Crippen LogP contribution in [0, 0.1) is 0 Å². The summed E-state index contributed by atoms with van der Waals surface area (Å²) < 4.78 is 2.06. The van der Waals surface area contributed by atoms with Crippen LogP contribution in [0.25, 0.3) is 11.2 Å². The van der Waals surface area contributed by atoms with Gasteiger partial charge in [-0.2, -0.15) is 0 Å². The van der Waals surface area contributed by atoms with Gasteiger partial charge >= 0.3 is 0 Å². The zero-order chi connectivity index (χ0) is 17.4. The lowest BCUT2D eigenvalue weighted by molar-refractivity contribution is 0.646. The van der Waals surface area contributed by atoms with Gasteiger partial charge in [-0.05, 0) is 18.9 Å². The molecule has 0 aliphatic rings. The van der Waals surface area contributed by atoms with Gasteiger partial charge in [0, 0.05) is 17.7 Å². The van der Waals surface area contributed by atoms with Crippen molar-refractivity contribution in [2.24, 2.45) is 0 Å². The van der Waals surface area contributed by atoms with Crippen molar-refractivity contribution in [1.82, 2.24) is 24.5 Å². The monoisotopic (exact) mass is 324 g/mol. The Balaban J connectivity index is 2.21. The van der Waals surface area contributed by atoms with E-state index in [1.165, 1.54) is 0 Å². The molecule has 0 bridgehead atoms. The molecule has 1 atom stereocenters. The summed E-state index contributed by atoms with van der Waals surface area (Å²) in [4.78, 5) is 18.3. The van der Waals surface area contributed by atoms with Crippen molar-refractivity contribution in [3.8, 4) is 0 Å². The predicted molar refractivity (Wildman–Crippen MR) is 96.0 cm³/mol. The van der Waals surface area contributed by atoms with Crippen LogP contribution >= 0.6 is 0 Å². The lowest BCUT2D eigenvalue weighted by Crippen LogP contribution is -2.11. The fourth-order valence-corrected chi connectivity index (χ4v) is 2.83. The molecule has 0 aliphatic heterocycles. The van der Waals surface area contributed by atoms with E-state index in [0.29, 0.717) is 5.82 Å². The Kier molecular flexibility index (Phi) is 4.22. The molecule has 126 valence electrons. The van der Waals surface area contributed by atoms with Crippen LogP contribution in [0.2, 0.25) is 0 Å². The van der Waals surface area contributed by atoms with Gasteiger partial charge in [-0.25, -0.2) is 19.9 Å². The molecule has 1 unspecified atom stereocenters. The minimum Gasteiger partial charge on any atom is -0.383 e. The Morgan fingerprint density at radius 3 is 2.38 bits per heavy atom. The number of nitrogens with two attached hydrogens (primary N) is 1. The Hall–Kier alpha value is -2.50. The number of nitrogen functional groups attached to an aromatic ring is 1. The molecule has 0 fully saturated rings. The van der Waals surface area contributed by atoms with Crippen molar-refractivity contribution in [1.29, 1.82) is 0 Å². The van der Waals surface area contributed by atoms with E-state index in [1.54, 1.807) is 6.20 Å². The van der Waals surface area contributed by atoms with Gasteiger partial charge in [0.25, 0.3) is 0 Å². The number of imidazole rings is 1. The number of hydrogen-bond acceptors (Lipinski definition) is 5. The first kappa shape index (κ1) is 16.4. The van der Waals surface area contributed by atoms with Crippen molar-refractivity contribution in [3.63, 3.8) is 0 Å². The number of hydrogen-bond donors (Lipinski definition) is 1. The summed E-state index contributed by atoms with van der Waals surface area (Å²) in [6.45, 7) is 10.6. The summed E-state index contributed by atoms with van der Waals surface area (Å²) >= 11 is 0. The average Bonchev–Trinajstić information content (AvgIpc) is 2.97. The van der Waals surface area contributed by atoms with E-state index in [2.05, 4.69) is 49.2 Å². The maximum absolute atomic E-state index is 6.05. The van der Waals surface area contributed by atoms with E-state index < -0.39 is 0 Å². The Bertz CT molecular complexity index is 865. The molecule has 3 aromatic rings. The zero-order valence-electron chi connectivity index (χ0n) is 14.9. The molecule has 0 saturated heterocycles. The number of anilines is 1. The van der Waals surface area contributed by atoms with Crippen molar-refractivity contribution in [2.75, 3.05) is 5.73 Å². The molecule has 0 radical (unpaired) electrons. The number of aromatic nitrogens is 5. The van der Waals surface area contributed by atoms with Crippen LogP contribution in [-0.2, 0) is 0 Å². The highest BCUT2D eigenvalue weighted by Crippen LogP contribution is 2.29. The first-order valence-corrected chi connectivity index (χ1v) is 8.34. The average molecular weight is 324 g/mol. The summed E-state index contributed by atoms with van der Waals surface area (Å²) in [5, 5.41) is 0. The Labute approximate surface area is 142 Å². The molecule has 24 heavy (non-hydrogen) atoms. The van der Waals surface area contributed by atoms with Gasteiger partial charge in [0.05, 0.1) is 18.1 Å². The molecule has 0 aliphatic carbocycles. The number of fused-ring (bicyclic) bond motifs is 1. The summed E-state index contributed by atoms with van der Waals surface area (Å²) in [7, 11) is 0. The normalized spacial score (nSPS) is 13.1. The summed E-state index contributed by atoms with van der Waals surface area (Å²) in [6.07, 6.45) is 3.53. The fraction of sp³-hybridized carbons (Fsp3) is 0.444. The highest BCUT2D eigenvalue weighted by atomic mass is 15.1. The first-order chi connectivity index (χ1) is 11.4. The van der Waals surface area contributed by atoms with Crippen LogP contribution in [-0.4, -0.2) is 24.5 Å². The van der Waals surface area contributed by atoms with E-state index in [-0.39, 0.29) is 17.9 Å². The maximum atomic E-state index is 6.05. The minimum atomic E-state index is -0.00127. The molecule has 6 heteroatoms. The molecule has 0 aromatic carbocycles. The largest absolute Gasteiger partial charge is 0.383 e. The quantitative estimate of drug-likeness (QED) is 0.792. The van der Waals surface area contributed by atoms with Crippen molar-refractivity contribution in [3.05, 3.63) is 41.7 Å². The molecule has 3 heterocycles. The molecular weight excluding hydrogens is 300 g/mol. The molecular formula is C18H24N6. The number of nitrogens with zero attached hydrogens (tertiary/aromatic N) is 5. The second-order valence-corrected chi connectivity index (χ2v) is 6.75. The van der Waals surface area contributed by atoms with E-state index in [9.17, 15) is 0 Å². The first-order valence-electron chi connectivity index (χ1n) is 8.34. The van der Waals surface area contributed by atoms with Gasteiger partial charge in [-0.15, -0.1) is 0 Å². The zero-order valence-corrected chi connectivity index (χ0v) is 14.9. The molecule has 3 aromatic heterocycles. The number of rotatable bonds is 4. The van der Waals surface area contributed by atoms with Crippen LogP contribution in [0.5, 0.6) is 0 Å². The van der Waals surface area contributed by atoms with Gasteiger partial charge < -0.3 is 10.3 Å². The lowest BCUT2D eigenvalue weighted by atomic mass is 10.1. The van der Waals surface area contributed by atoms with E-state index in [0.717, 1.165) is 28.2 Å². The maximum Gasteiger partial charge on any atom is 0.164 e.